The molecule has 0 bridgehead atoms. The van der Waals surface area contributed by atoms with Crippen molar-refractivity contribution in [3.05, 3.63) is 47.5 Å². The molecule has 1 amide bonds. The Morgan fingerprint density at radius 3 is 2.18 bits per heavy atom. The van der Waals surface area contributed by atoms with Crippen LogP contribution in [-0.2, 0) is 17.4 Å². The van der Waals surface area contributed by atoms with Crippen molar-refractivity contribution in [2.75, 3.05) is 26.8 Å². The van der Waals surface area contributed by atoms with Crippen molar-refractivity contribution in [2.45, 2.75) is 19.0 Å². The van der Waals surface area contributed by atoms with Gasteiger partial charge in [0.2, 0.25) is 11.7 Å². The van der Waals surface area contributed by atoms with Crippen molar-refractivity contribution in [3.8, 4) is 17.2 Å². The number of carbonyl (C=O) groups is 1. The number of rotatable bonds is 8. The first kappa shape index (κ1) is 21.2. The average Bonchev–Trinajstić information content (AvgIpc) is 2.69. The Labute approximate surface area is 160 Å². The highest BCUT2D eigenvalue weighted by atomic mass is 19.4. The Morgan fingerprint density at radius 2 is 1.64 bits per heavy atom. The van der Waals surface area contributed by atoms with Gasteiger partial charge >= 0.3 is 6.18 Å². The number of nitrogens with one attached hydrogen (secondary N) is 2. The number of benzene rings is 2. The van der Waals surface area contributed by atoms with Gasteiger partial charge in [-0.15, -0.1) is 0 Å². The average molecular weight is 398 g/mol. The maximum Gasteiger partial charge on any atom is 0.416 e. The van der Waals surface area contributed by atoms with Crippen LogP contribution in [0.15, 0.2) is 36.4 Å². The van der Waals surface area contributed by atoms with E-state index in [0.717, 1.165) is 17.7 Å². The zero-order chi connectivity index (χ0) is 20.7. The minimum Gasteiger partial charge on any atom is -0.493 e. The first-order chi connectivity index (χ1) is 13.3. The second-order valence-corrected chi connectivity index (χ2v) is 5.79. The lowest BCUT2D eigenvalue weighted by Gasteiger charge is -2.14. The number of halogens is 3. The third-order valence-corrected chi connectivity index (χ3v) is 3.90. The summed E-state index contributed by atoms with van der Waals surface area (Å²) in [4.78, 5) is 12.0. The number of anilines is 1. The smallest absolute Gasteiger partial charge is 0.416 e. The van der Waals surface area contributed by atoms with Crippen LogP contribution in [0.25, 0.3) is 0 Å². The number of methoxy groups -OCH3 is 3. The van der Waals surface area contributed by atoms with Gasteiger partial charge in [0.25, 0.3) is 0 Å². The zero-order valence-electron chi connectivity index (χ0n) is 15.6. The summed E-state index contributed by atoms with van der Waals surface area (Å²) in [6.07, 6.45) is -3.98. The van der Waals surface area contributed by atoms with Gasteiger partial charge < -0.3 is 14.2 Å². The molecule has 0 fully saturated rings. The summed E-state index contributed by atoms with van der Waals surface area (Å²) in [5.74, 6) is 1.01. The van der Waals surface area contributed by atoms with E-state index in [-0.39, 0.29) is 18.0 Å². The number of ether oxygens (including phenoxy) is 3. The summed E-state index contributed by atoms with van der Waals surface area (Å²) >= 11 is 0. The summed E-state index contributed by atoms with van der Waals surface area (Å²) in [6.45, 7) is 0. The number of alkyl halides is 3. The predicted octanol–water partition coefficient (Wildman–Crippen LogP) is 3.81. The summed E-state index contributed by atoms with van der Waals surface area (Å²) < 4.78 is 53.9. The highest BCUT2D eigenvalue weighted by Crippen LogP contribution is 2.38. The van der Waals surface area contributed by atoms with Gasteiger partial charge in [0, 0.05) is 6.42 Å². The van der Waals surface area contributed by atoms with Crippen molar-refractivity contribution < 1.29 is 32.2 Å². The molecule has 2 rings (SSSR count). The third-order valence-electron chi connectivity index (χ3n) is 3.90. The van der Waals surface area contributed by atoms with E-state index >= 15 is 0 Å². The van der Waals surface area contributed by atoms with Gasteiger partial charge in [-0.1, -0.05) is 6.07 Å². The van der Waals surface area contributed by atoms with Gasteiger partial charge in [0.1, 0.15) is 0 Å². The second-order valence-electron chi connectivity index (χ2n) is 5.79. The number of hydrazine groups is 1. The molecule has 0 aromatic heterocycles. The van der Waals surface area contributed by atoms with E-state index < -0.39 is 11.7 Å². The monoisotopic (exact) mass is 398 g/mol. The van der Waals surface area contributed by atoms with Crippen LogP contribution in [0.4, 0.5) is 18.9 Å². The highest BCUT2D eigenvalue weighted by Gasteiger charge is 2.30. The Morgan fingerprint density at radius 1 is 1.00 bits per heavy atom. The van der Waals surface area contributed by atoms with Gasteiger partial charge in [0.15, 0.2) is 11.5 Å². The van der Waals surface area contributed by atoms with Crippen molar-refractivity contribution >= 4 is 11.6 Å². The molecule has 0 aliphatic carbocycles. The van der Waals surface area contributed by atoms with Crippen molar-refractivity contribution in [2.24, 2.45) is 0 Å². The van der Waals surface area contributed by atoms with Crippen molar-refractivity contribution in [1.82, 2.24) is 5.43 Å². The fraction of sp³-hybridized carbons (Fsp3) is 0.316. The van der Waals surface area contributed by atoms with Crippen molar-refractivity contribution in [1.29, 1.82) is 0 Å². The van der Waals surface area contributed by atoms with Crippen LogP contribution in [0.1, 0.15) is 17.5 Å². The van der Waals surface area contributed by atoms with Crippen LogP contribution in [-0.4, -0.2) is 27.2 Å². The normalized spacial score (nSPS) is 10.9. The first-order valence-electron chi connectivity index (χ1n) is 8.29. The molecule has 0 radical (unpaired) electrons. The molecule has 0 saturated heterocycles. The molecule has 0 spiro atoms. The Kier molecular flexibility index (Phi) is 6.97. The van der Waals surface area contributed by atoms with Gasteiger partial charge in [0.05, 0.1) is 32.6 Å². The van der Waals surface area contributed by atoms with E-state index in [0.29, 0.717) is 23.7 Å². The molecule has 0 heterocycles. The molecule has 0 atom stereocenters. The van der Waals surface area contributed by atoms with Crippen LogP contribution in [0, 0.1) is 0 Å². The topological polar surface area (TPSA) is 68.8 Å². The lowest BCUT2D eigenvalue weighted by atomic mass is 10.1. The van der Waals surface area contributed by atoms with Gasteiger partial charge in [-0.2, -0.15) is 13.2 Å². The highest BCUT2D eigenvalue weighted by molar-refractivity contribution is 5.77. The van der Waals surface area contributed by atoms with E-state index in [4.69, 9.17) is 14.2 Å². The van der Waals surface area contributed by atoms with Crippen LogP contribution < -0.4 is 25.1 Å². The summed E-state index contributed by atoms with van der Waals surface area (Å²) in [5.41, 5.74) is 4.99. The Balaban J connectivity index is 1.96. The molecular weight excluding hydrogens is 377 g/mol. The van der Waals surface area contributed by atoms with Crippen LogP contribution in [0.3, 0.4) is 0 Å². The fourth-order valence-electron chi connectivity index (χ4n) is 2.52. The Hall–Kier alpha value is -3.10. The van der Waals surface area contributed by atoms with E-state index in [9.17, 15) is 18.0 Å². The number of aryl methyl sites for hydroxylation is 1. The molecule has 0 unspecified atom stereocenters. The van der Waals surface area contributed by atoms with Crippen LogP contribution in [0.2, 0.25) is 0 Å². The molecule has 0 aliphatic heterocycles. The van der Waals surface area contributed by atoms with E-state index in [1.54, 1.807) is 12.1 Å². The van der Waals surface area contributed by atoms with Crippen LogP contribution >= 0.6 is 0 Å². The number of amides is 1. The van der Waals surface area contributed by atoms with E-state index in [1.165, 1.54) is 33.5 Å². The SMILES string of the molecule is COc1cc(CCC(=O)NNc2cccc(C(F)(F)F)c2)cc(OC)c1OC. The molecule has 2 aromatic carbocycles. The minimum absolute atomic E-state index is 0.102. The van der Waals surface area contributed by atoms with Gasteiger partial charge in [-0.3, -0.25) is 15.6 Å². The zero-order valence-corrected chi connectivity index (χ0v) is 15.6. The Bertz CT molecular complexity index is 800. The predicted molar refractivity (Wildman–Crippen MR) is 97.6 cm³/mol. The second kappa shape index (κ2) is 9.20. The fourth-order valence-corrected chi connectivity index (χ4v) is 2.52. The van der Waals surface area contributed by atoms with Crippen molar-refractivity contribution in [3.63, 3.8) is 0 Å². The summed E-state index contributed by atoms with van der Waals surface area (Å²) in [5, 5.41) is 0. The lowest BCUT2D eigenvalue weighted by molar-refractivity contribution is -0.137. The lowest BCUT2D eigenvalue weighted by Crippen LogP contribution is -2.29. The molecule has 152 valence electrons. The quantitative estimate of drug-likeness (QED) is 0.662. The molecular formula is C19H21F3N2O4. The standard InChI is InChI=1S/C19H21F3N2O4/c1-26-15-9-12(10-16(27-2)18(15)28-3)7-8-17(25)24-23-14-6-4-5-13(11-14)19(20,21)22/h4-6,9-11,23H,7-8H2,1-3H3,(H,24,25). The first-order valence-corrected chi connectivity index (χ1v) is 8.29. The molecule has 2 aromatic rings. The maximum atomic E-state index is 12.7. The molecule has 0 saturated carbocycles. The maximum absolute atomic E-state index is 12.7. The van der Waals surface area contributed by atoms with E-state index in [2.05, 4.69) is 10.9 Å². The minimum atomic E-state index is -4.45. The largest absolute Gasteiger partial charge is 0.493 e. The molecule has 2 N–H and O–H groups in total. The summed E-state index contributed by atoms with van der Waals surface area (Å²) in [6, 6.07) is 8.02. The number of hydrogen-bond acceptors (Lipinski definition) is 5. The molecule has 6 nitrogen and oxygen atoms in total. The molecule has 9 heteroatoms. The van der Waals surface area contributed by atoms with Gasteiger partial charge in [-0.05, 0) is 42.3 Å². The van der Waals surface area contributed by atoms with Crippen LogP contribution in [0.5, 0.6) is 17.2 Å². The van der Waals surface area contributed by atoms with Gasteiger partial charge in [-0.25, -0.2) is 0 Å². The van der Waals surface area contributed by atoms with E-state index in [1.807, 2.05) is 0 Å². The summed E-state index contributed by atoms with van der Waals surface area (Å²) in [7, 11) is 4.48. The molecule has 28 heavy (non-hydrogen) atoms. The third kappa shape index (κ3) is 5.45. The molecule has 0 aliphatic rings. The number of hydrogen-bond donors (Lipinski definition) is 2. The number of carbonyl (C=O) groups excluding carboxylic acids is 1.